The molecular weight excluding hydrogens is 210 g/mol. The van der Waals surface area contributed by atoms with Crippen molar-refractivity contribution >= 4 is 0 Å². The van der Waals surface area contributed by atoms with Crippen LogP contribution in [-0.4, -0.2) is 16.1 Å². The largest absolute Gasteiger partial charge is 0.311 e. The topological polar surface area (TPSA) is 29.9 Å². The van der Waals surface area contributed by atoms with E-state index < -0.39 is 0 Å². The summed E-state index contributed by atoms with van der Waals surface area (Å²) in [5, 5.41) is 3.38. The number of para-hydroxylation sites is 1. The Balaban J connectivity index is 2.17. The monoisotopic (exact) mass is 227 g/mol. The number of nitrogens with zero attached hydrogens (tertiary/aromatic N) is 2. The van der Waals surface area contributed by atoms with Gasteiger partial charge in [0.05, 0.1) is 5.69 Å². The predicted molar refractivity (Wildman–Crippen MR) is 68.4 cm³/mol. The third kappa shape index (κ3) is 1.76. The first-order valence-electron chi connectivity index (χ1n) is 6.25. The van der Waals surface area contributed by atoms with Crippen LogP contribution in [0.25, 0.3) is 5.69 Å². The van der Waals surface area contributed by atoms with Crippen LogP contribution >= 0.6 is 0 Å². The van der Waals surface area contributed by atoms with Gasteiger partial charge in [-0.3, -0.25) is 0 Å². The van der Waals surface area contributed by atoms with E-state index in [-0.39, 0.29) is 0 Å². The minimum atomic E-state index is 0.905. The molecular formula is C14H17N3. The Labute approximate surface area is 101 Å². The molecule has 0 fully saturated rings. The first-order valence-corrected chi connectivity index (χ1v) is 6.25. The summed E-state index contributed by atoms with van der Waals surface area (Å²) in [5.41, 5.74) is 3.84. The maximum absolute atomic E-state index is 4.75. The van der Waals surface area contributed by atoms with Crippen molar-refractivity contribution in [3.05, 3.63) is 47.5 Å². The minimum Gasteiger partial charge on any atom is -0.311 e. The van der Waals surface area contributed by atoms with Crippen molar-refractivity contribution in [3.63, 3.8) is 0 Å². The highest BCUT2D eigenvalue weighted by molar-refractivity contribution is 5.38. The maximum Gasteiger partial charge on any atom is 0.113 e. The lowest BCUT2D eigenvalue weighted by atomic mass is 10.1. The van der Waals surface area contributed by atoms with Gasteiger partial charge in [-0.15, -0.1) is 0 Å². The summed E-state index contributed by atoms with van der Waals surface area (Å²) in [6, 6.07) is 10.5. The van der Waals surface area contributed by atoms with Crippen LogP contribution in [0.2, 0.25) is 0 Å². The molecule has 17 heavy (non-hydrogen) atoms. The van der Waals surface area contributed by atoms with E-state index in [2.05, 4.69) is 47.1 Å². The van der Waals surface area contributed by atoms with E-state index in [1.54, 1.807) is 0 Å². The smallest absolute Gasteiger partial charge is 0.113 e. The molecule has 0 saturated carbocycles. The Kier molecular flexibility index (Phi) is 2.69. The van der Waals surface area contributed by atoms with Crippen molar-refractivity contribution in [2.75, 3.05) is 6.54 Å². The molecule has 0 aliphatic carbocycles. The van der Waals surface area contributed by atoms with Gasteiger partial charge in [-0.2, -0.15) is 0 Å². The second-order valence-electron chi connectivity index (χ2n) is 4.37. The predicted octanol–water partition coefficient (Wildman–Crippen LogP) is 2.08. The average molecular weight is 227 g/mol. The van der Waals surface area contributed by atoms with E-state index in [0.29, 0.717) is 0 Å². The number of imidazole rings is 1. The average Bonchev–Trinajstić information content (AvgIpc) is 2.78. The minimum absolute atomic E-state index is 0.905. The van der Waals surface area contributed by atoms with Gasteiger partial charge in [0.2, 0.25) is 0 Å². The third-order valence-electron chi connectivity index (χ3n) is 3.29. The molecule has 0 amide bonds. The summed E-state index contributed by atoms with van der Waals surface area (Å²) in [4.78, 5) is 4.75. The Hall–Kier alpha value is -1.61. The molecule has 3 rings (SSSR count). The number of benzene rings is 1. The van der Waals surface area contributed by atoms with Gasteiger partial charge in [0, 0.05) is 37.3 Å². The van der Waals surface area contributed by atoms with Crippen LogP contribution in [0.15, 0.2) is 30.3 Å². The number of hydrogen-bond donors (Lipinski definition) is 1. The molecule has 0 bridgehead atoms. The molecule has 3 nitrogen and oxygen atoms in total. The maximum atomic E-state index is 4.75. The summed E-state index contributed by atoms with van der Waals surface area (Å²) in [5.74, 6) is 1.17. The number of fused-ring (bicyclic) bond motifs is 1. The quantitative estimate of drug-likeness (QED) is 0.851. The van der Waals surface area contributed by atoms with Gasteiger partial charge < -0.3 is 9.88 Å². The van der Waals surface area contributed by atoms with Crippen LogP contribution < -0.4 is 5.32 Å². The summed E-state index contributed by atoms with van der Waals surface area (Å²) in [6.07, 6.45) is 2.04. The van der Waals surface area contributed by atoms with E-state index in [1.807, 2.05) is 0 Å². The second-order valence-corrected chi connectivity index (χ2v) is 4.37. The first kappa shape index (κ1) is 10.5. The van der Waals surface area contributed by atoms with Gasteiger partial charge in [-0.1, -0.05) is 25.1 Å². The zero-order valence-corrected chi connectivity index (χ0v) is 10.1. The van der Waals surface area contributed by atoms with Gasteiger partial charge in [0.25, 0.3) is 0 Å². The molecule has 2 heterocycles. The van der Waals surface area contributed by atoms with E-state index >= 15 is 0 Å². The summed E-state index contributed by atoms with van der Waals surface area (Å²) in [6.45, 7) is 4.12. The molecule has 0 saturated heterocycles. The highest BCUT2D eigenvalue weighted by atomic mass is 15.1. The number of rotatable bonds is 2. The molecule has 2 aromatic rings. The van der Waals surface area contributed by atoms with Crippen molar-refractivity contribution < 1.29 is 0 Å². The van der Waals surface area contributed by atoms with E-state index in [9.17, 15) is 0 Å². The molecule has 0 unspecified atom stereocenters. The molecule has 0 radical (unpaired) electrons. The highest BCUT2D eigenvalue weighted by Gasteiger charge is 2.19. The third-order valence-corrected chi connectivity index (χ3v) is 3.29. The van der Waals surface area contributed by atoms with Gasteiger partial charge in [-0.05, 0) is 12.1 Å². The summed E-state index contributed by atoms with van der Waals surface area (Å²) < 4.78 is 2.33. The molecule has 0 spiro atoms. The standard InChI is InChI=1S/C14H17N3/c1-2-14-16-12-10-15-9-8-13(12)17(14)11-6-4-3-5-7-11/h3-7,15H,2,8-10H2,1H3. The number of nitrogens with one attached hydrogen (secondary N) is 1. The molecule has 1 aliphatic rings. The fraction of sp³-hybridized carbons (Fsp3) is 0.357. The molecule has 1 N–H and O–H groups in total. The highest BCUT2D eigenvalue weighted by Crippen LogP contribution is 2.21. The van der Waals surface area contributed by atoms with Crippen LogP contribution in [0.5, 0.6) is 0 Å². The zero-order valence-electron chi connectivity index (χ0n) is 10.1. The number of aryl methyl sites for hydroxylation is 1. The van der Waals surface area contributed by atoms with Crippen LogP contribution in [0.1, 0.15) is 24.1 Å². The fourth-order valence-electron chi connectivity index (χ4n) is 2.49. The van der Waals surface area contributed by atoms with Gasteiger partial charge >= 0.3 is 0 Å². The molecule has 0 atom stereocenters. The van der Waals surface area contributed by atoms with Crippen LogP contribution in [0.4, 0.5) is 0 Å². The summed E-state index contributed by atoms with van der Waals surface area (Å²) in [7, 11) is 0. The molecule has 1 aromatic heterocycles. The summed E-state index contributed by atoms with van der Waals surface area (Å²) >= 11 is 0. The van der Waals surface area contributed by atoms with Crippen molar-refractivity contribution in [1.82, 2.24) is 14.9 Å². The van der Waals surface area contributed by atoms with Crippen LogP contribution in [0.3, 0.4) is 0 Å². The van der Waals surface area contributed by atoms with E-state index in [1.165, 1.54) is 22.9 Å². The van der Waals surface area contributed by atoms with Crippen molar-refractivity contribution in [2.45, 2.75) is 26.3 Å². The molecule has 88 valence electrons. The lowest BCUT2D eigenvalue weighted by Crippen LogP contribution is -2.24. The molecule has 1 aliphatic heterocycles. The normalized spacial score (nSPS) is 14.6. The fourth-order valence-corrected chi connectivity index (χ4v) is 2.49. The van der Waals surface area contributed by atoms with Gasteiger partial charge in [0.1, 0.15) is 5.82 Å². The Morgan fingerprint density at radius 1 is 1.29 bits per heavy atom. The Morgan fingerprint density at radius 2 is 2.12 bits per heavy atom. The lowest BCUT2D eigenvalue weighted by Gasteiger charge is -2.16. The van der Waals surface area contributed by atoms with E-state index in [0.717, 1.165) is 25.9 Å². The van der Waals surface area contributed by atoms with Crippen LogP contribution in [-0.2, 0) is 19.4 Å². The number of aromatic nitrogens is 2. The van der Waals surface area contributed by atoms with Crippen molar-refractivity contribution in [3.8, 4) is 5.69 Å². The van der Waals surface area contributed by atoms with E-state index in [4.69, 9.17) is 4.98 Å². The number of hydrogen-bond acceptors (Lipinski definition) is 2. The van der Waals surface area contributed by atoms with Crippen molar-refractivity contribution in [1.29, 1.82) is 0 Å². The first-order chi connectivity index (χ1) is 8.40. The second kappa shape index (κ2) is 4.34. The zero-order chi connectivity index (χ0) is 11.7. The SMILES string of the molecule is CCc1nc2c(n1-c1ccccc1)CCNC2. The van der Waals surface area contributed by atoms with Crippen LogP contribution in [0, 0.1) is 0 Å². The molecule has 1 aromatic carbocycles. The van der Waals surface area contributed by atoms with Crippen molar-refractivity contribution in [2.24, 2.45) is 0 Å². The Morgan fingerprint density at radius 3 is 2.88 bits per heavy atom. The molecule has 3 heteroatoms. The lowest BCUT2D eigenvalue weighted by molar-refractivity contribution is 0.620. The van der Waals surface area contributed by atoms with Gasteiger partial charge in [0.15, 0.2) is 0 Å². The van der Waals surface area contributed by atoms with Gasteiger partial charge in [-0.25, -0.2) is 4.98 Å². The Bertz CT molecular complexity index is 514.